The lowest BCUT2D eigenvalue weighted by molar-refractivity contribution is -0.123. The first-order chi connectivity index (χ1) is 14.9. The highest BCUT2D eigenvalue weighted by atomic mass is 16.5. The molecule has 2 aliphatic rings. The summed E-state index contributed by atoms with van der Waals surface area (Å²) in [6.45, 7) is 3.92. The molecule has 3 amide bonds. The lowest BCUT2D eigenvalue weighted by Crippen LogP contribution is -2.43. The van der Waals surface area contributed by atoms with Gasteiger partial charge < -0.3 is 10.1 Å². The van der Waals surface area contributed by atoms with E-state index in [2.05, 4.69) is 29.5 Å². The van der Waals surface area contributed by atoms with Gasteiger partial charge in [0, 0.05) is 0 Å². The van der Waals surface area contributed by atoms with Crippen LogP contribution in [0.1, 0.15) is 25.3 Å². The molecule has 2 aromatic carbocycles. The third kappa shape index (κ3) is 3.74. The van der Waals surface area contributed by atoms with Gasteiger partial charge in [-0.25, -0.2) is 4.90 Å². The molecule has 31 heavy (non-hydrogen) atoms. The van der Waals surface area contributed by atoms with E-state index in [1.54, 1.807) is 36.4 Å². The molecule has 2 unspecified atom stereocenters. The van der Waals surface area contributed by atoms with Crippen molar-refractivity contribution in [2.45, 2.75) is 31.8 Å². The summed E-state index contributed by atoms with van der Waals surface area (Å²) in [5, 5.41) is 11.9. The average molecular weight is 421 g/mol. The number of hydrogen-bond donors (Lipinski definition) is 1. The van der Waals surface area contributed by atoms with Crippen LogP contribution in [0.5, 0.6) is 5.75 Å². The Labute approximate surface area is 179 Å². The highest BCUT2D eigenvalue weighted by molar-refractivity contribution is 6.25. The quantitative estimate of drug-likeness (QED) is 0.723. The van der Waals surface area contributed by atoms with Crippen LogP contribution in [0.25, 0.3) is 0 Å². The largest absolute Gasteiger partial charge is 0.495 e. The normalized spacial score (nSPS) is 19.9. The van der Waals surface area contributed by atoms with Crippen LogP contribution in [0.3, 0.4) is 0 Å². The number of hydrogen-bond acceptors (Lipinski definition) is 7. The van der Waals surface area contributed by atoms with E-state index >= 15 is 0 Å². The molecule has 4 rings (SSSR count). The fraction of sp³-hybridized carbons (Fsp3) is 0.318. The maximum atomic E-state index is 13.1. The summed E-state index contributed by atoms with van der Waals surface area (Å²) in [6.07, 6.45) is 0. The van der Waals surface area contributed by atoms with Gasteiger partial charge in [-0.1, -0.05) is 43.3 Å². The fourth-order valence-corrected chi connectivity index (χ4v) is 3.70. The van der Waals surface area contributed by atoms with E-state index in [1.165, 1.54) is 12.1 Å². The van der Waals surface area contributed by atoms with Crippen LogP contribution in [-0.4, -0.2) is 48.5 Å². The number of nitrogens with zero attached hydrogens (tertiary/aromatic N) is 4. The van der Waals surface area contributed by atoms with Gasteiger partial charge in [0.1, 0.15) is 12.3 Å². The Kier molecular flexibility index (Phi) is 5.41. The minimum Gasteiger partial charge on any atom is -0.495 e. The van der Waals surface area contributed by atoms with Crippen molar-refractivity contribution in [3.63, 3.8) is 0 Å². The molecule has 0 bridgehead atoms. The molecular formula is C22H23N5O4. The van der Waals surface area contributed by atoms with Crippen LogP contribution in [-0.2, 0) is 14.4 Å². The number of rotatable bonds is 6. The van der Waals surface area contributed by atoms with Gasteiger partial charge in [-0.15, -0.1) is 0 Å². The van der Waals surface area contributed by atoms with Crippen LogP contribution in [0.2, 0.25) is 0 Å². The molecule has 0 aromatic heterocycles. The number of carbonyl (C=O) groups excluding carboxylic acids is 3. The first-order valence-corrected chi connectivity index (χ1v) is 9.98. The third-order valence-electron chi connectivity index (χ3n) is 5.36. The van der Waals surface area contributed by atoms with Crippen LogP contribution in [0.4, 0.5) is 11.4 Å². The number of imide groups is 1. The van der Waals surface area contributed by atoms with Crippen molar-refractivity contribution in [2.24, 2.45) is 10.3 Å². The molecule has 2 heterocycles. The topological polar surface area (TPSA) is 104 Å². The zero-order valence-electron chi connectivity index (χ0n) is 17.5. The summed E-state index contributed by atoms with van der Waals surface area (Å²) >= 11 is 0. The minimum atomic E-state index is -0.948. The van der Waals surface area contributed by atoms with Crippen LogP contribution >= 0.6 is 0 Å². The molecule has 1 saturated heterocycles. The number of anilines is 2. The van der Waals surface area contributed by atoms with Crippen molar-refractivity contribution in [1.29, 1.82) is 0 Å². The number of amides is 3. The van der Waals surface area contributed by atoms with Gasteiger partial charge in [0.05, 0.1) is 18.5 Å². The van der Waals surface area contributed by atoms with Gasteiger partial charge in [-0.3, -0.25) is 19.4 Å². The van der Waals surface area contributed by atoms with Crippen LogP contribution in [0.15, 0.2) is 58.9 Å². The second kappa shape index (κ2) is 8.17. The molecule has 1 fully saturated rings. The number of benzene rings is 2. The molecule has 0 radical (unpaired) electrons. The van der Waals surface area contributed by atoms with Gasteiger partial charge in [0.15, 0.2) is 12.1 Å². The molecule has 9 nitrogen and oxygen atoms in total. The maximum Gasteiger partial charge on any atom is 0.263 e. The summed E-state index contributed by atoms with van der Waals surface area (Å²) in [4.78, 5) is 39.6. The van der Waals surface area contributed by atoms with E-state index in [9.17, 15) is 14.4 Å². The molecular weight excluding hydrogens is 398 g/mol. The Morgan fingerprint density at radius 2 is 1.81 bits per heavy atom. The molecule has 0 spiro atoms. The zero-order valence-corrected chi connectivity index (χ0v) is 17.5. The summed E-state index contributed by atoms with van der Waals surface area (Å²) in [5.74, 6) is -0.431. The van der Waals surface area contributed by atoms with E-state index in [4.69, 9.17) is 4.74 Å². The van der Waals surface area contributed by atoms with Crippen molar-refractivity contribution in [1.82, 2.24) is 5.01 Å². The van der Waals surface area contributed by atoms with Gasteiger partial charge >= 0.3 is 0 Å². The average Bonchev–Trinajstić information content (AvgIpc) is 3.28. The summed E-state index contributed by atoms with van der Waals surface area (Å²) in [6, 6.07) is 12.4. The highest BCUT2D eigenvalue weighted by Crippen LogP contribution is 2.32. The SMILES string of the molecule is COc1ccccc1NC(=O)CN1N=NC2C(=O)N(c3ccc(C(C)C)cc3)C(=O)C21. The van der Waals surface area contributed by atoms with E-state index in [0.29, 0.717) is 23.0 Å². The number of ether oxygens (including phenoxy) is 1. The van der Waals surface area contributed by atoms with Crippen molar-refractivity contribution in [3.8, 4) is 5.75 Å². The zero-order chi connectivity index (χ0) is 22.1. The van der Waals surface area contributed by atoms with Gasteiger partial charge in [-0.2, -0.15) is 5.11 Å². The number of para-hydroxylation sites is 2. The first kappa shape index (κ1) is 20.5. The maximum absolute atomic E-state index is 13.1. The van der Waals surface area contributed by atoms with Crippen molar-refractivity contribution in [2.75, 3.05) is 23.9 Å². The van der Waals surface area contributed by atoms with Crippen molar-refractivity contribution < 1.29 is 19.1 Å². The van der Waals surface area contributed by atoms with E-state index < -0.39 is 29.8 Å². The molecule has 1 N–H and O–H groups in total. The van der Waals surface area contributed by atoms with Crippen molar-refractivity contribution >= 4 is 29.1 Å². The molecule has 0 saturated carbocycles. The van der Waals surface area contributed by atoms with E-state index in [-0.39, 0.29) is 6.54 Å². The minimum absolute atomic E-state index is 0.220. The van der Waals surface area contributed by atoms with Gasteiger partial charge in [-0.05, 0) is 35.7 Å². The van der Waals surface area contributed by atoms with Gasteiger partial charge in [0.2, 0.25) is 5.91 Å². The third-order valence-corrected chi connectivity index (χ3v) is 5.36. The first-order valence-electron chi connectivity index (χ1n) is 9.98. The lowest BCUT2D eigenvalue weighted by Gasteiger charge is -2.20. The standard InChI is InChI=1S/C22H23N5O4/c1-13(2)14-8-10-15(11-9-14)27-21(29)19-20(22(27)30)26(25-24-19)12-18(28)23-16-6-4-5-7-17(16)31-3/h4-11,13,19-20H,12H2,1-3H3,(H,23,28). The monoisotopic (exact) mass is 421 g/mol. The number of methoxy groups -OCH3 is 1. The molecule has 2 atom stereocenters. The summed E-state index contributed by atoms with van der Waals surface area (Å²) in [7, 11) is 1.51. The van der Waals surface area contributed by atoms with E-state index in [0.717, 1.165) is 10.5 Å². The predicted octanol–water partition coefficient (Wildman–Crippen LogP) is 2.75. The molecule has 0 aliphatic carbocycles. The Morgan fingerprint density at radius 3 is 2.48 bits per heavy atom. The predicted molar refractivity (Wildman–Crippen MR) is 114 cm³/mol. The number of fused-ring (bicyclic) bond motifs is 1. The molecule has 2 aliphatic heterocycles. The van der Waals surface area contributed by atoms with E-state index in [1.807, 2.05) is 12.1 Å². The Hall–Kier alpha value is -3.75. The van der Waals surface area contributed by atoms with Crippen LogP contribution in [0, 0.1) is 0 Å². The Balaban J connectivity index is 1.48. The second-order valence-corrected chi connectivity index (χ2v) is 7.70. The highest BCUT2D eigenvalue weighted by Gasteiger charge is 2.55. The number of carbonyl (C=O) groups is 3. The second-order valence-electron chi connectivity index (χ2n) is 7.70. The molecule has 160 valence electrons. The summed E-state index contributed by atoms with van der Waals surface area (Å²) in [5.41, 5.74) is 2.10. The summed E-state index contributed by atoms with van der Waals surface area (Å²) < 4.78 is 5.23. The van der Waals surface area contributed by atoms with Crippen LogP contribution < -0.4 is 15.0 Å². The Morgan fingerprint density at radius 1 is 1.10 bits per heavy atom. The van der Waals surface area contributed by atoms with Crippen molar-refractivity contribution in [3.05, 3.63) is 54.1 Å². The lowest BCUT2D eigenvalue weighted by atomic mass is 10.0. The fourth-order valence-electron chi connectivity index (χ4n) is 3.70. The molecule has 2 aromatic rings. The number of nitrogens with one attached hydrogen (secondary N) is 1. The Bertz CT molecular complexity index is 1050. The van der Waals surface area contributed by atoms with Gasteiger partial charge in [0.25, 0.3) is 11.8 Å². The smallest absolute Gasteiger partial charge is 0.263 e. The molecule has 9 heteroatoms.